The molecule has 0 radical (unpaired) electrons. The smallest absolute Gasteiger partial charge is 0.266 e. The summed E-state index contributed by atoms with van der Waals surface area (Å²) in [4.78, 5) is 11.2. The van der Waals surface area contributed by atoms with Crippen molar-refractivity contribution in [3.8, 4) is 0 Å². The molecule has 2 rings (SSSR count). The van der Waals surface area contributed by atoms with E-state index in [0.717, 1.165) is 10.0 Å². The maximum Gasteiger partial charge on any atom is 0.266 e. The third-order valence-electron chi connectivity index (χ3n) is 1.95. The third kappa shape index (κ3) is 1.96. The molecule has 1 heterocycles. The lowest BCUT2D eigenvalue weighted by atomic mass is 10.2. The van der Waals surface area contributed by atoms with Crippen LogP contribution in [0.5, 0.6) is 0 Å². The number of hydrogen-bond acceptors (Lipinski definition) is 1. The van der Waals surface area contributed by atoms with Crippen molar-refractivity contribution in [1.29, 1.82) is 0 Å². The molecule has 0 aliphatic heterocycles. The molecule has 14 heavy (non-hydrogen) atoms. The number of hydrogen-bond donors (Lipinski definition) is 1. The zero-order chi connectivity index (χ0) is 9.97. The van der Waals surface area contributed by atoms with E-state index >= 15 is 0 Å². The third-order valence-corrected chi connectivity index (χ3v) is 2.45. The lowest BCUT2D eigenvalue weighted by Crippen LogP contribution is -2.16. The molecule has 0 unspecified atom stereocenters. The average Bonchev–Trinajstić information content (AvgIpc) is 2.52. The summed E-state index contributed by atoms with van der Waals surface area (Å²) in [5, 5.41) is 2.86. The molecule has 4 heteroatoms. The Balaban J connectivity index is 2.27. The summed E-state index contributed by atoms with van der Waals surface area (Å²) in [6.07, 6.45) is 1.64. The van der Waals surface area contributed by atoms with Gasteiger partial charge in [-0.3, -0.25) is 4.79 Å². The Labute approximate surface area is 89.5 Å². The minimum absolute atomic E-state index is 0.00928. The van der Waals surface area contributed by atoms with Gasteiger partial charge in [0.25, 0.3) is 5.56 Å². The van der Waals surface area contributed by atoms with Crippen LogP contribution in [0.15, 0.2) is 45.8 Å². The predicted molar refractivity (Wildman–Crippen MR) is 58.3 cm³/mol. The largest absolute Gasteiger partial charge is 0.303 e. The summed E-state index contributed by atoms with van der Waals surface area (Å²) in [7, 11) is 0. The van der Waals surface area contributed by atoms with E-state index in [0.29, 0.717) is 6.54 Å². The molecule has 0 saturated heterocycles. The van der Waals surface area contributed by atoms with Gasteiger partial charge in [-0.25, -0.2) is 4.68 Å². The SMILES string of the molecule is O=c1cc[nH]n1Cc1cccc(Br)c1. The van der Waals surface area contributed by atoms with Crippen molar-refractivity contribution in [2.45, 2.75) is 6.54 Å². The first-order chi connectivity index (χ1) is 6.75. The van der Waals surface area contributed by atoms with Crippen molar-refractivity contribution in [3.05, 3.63) is 56.9 Å². The summed E-state index contributed by atoms with van der Waals surface area (Å²) >= 11 is 3.39. The van der Waals surface area contributed by atoms with E-state index in [-0.39, 0.29) is 5.56 Å². The van der Waals surface area contributed by atoms with Crippen LogP contribution in [0.2, 0.25) is 0 Å². The highest BCUT2D eigenvalue weighted by Gasteiger charge is 1.98. The number of aromatic amines is 1. The fourth-order valence-corrected chi connectivity index (χ4v) is 1.74. The highest BCUT2D eigenvalue weighted by Crippen LogP contribution is 2.11. The van der Waals surface area contributed by atoms with Gasteiger partial charge >= 0.3 is 0 Å². The second-order valence-corrected chi connectivity index (χ2v) is 3.93. The Morgan fingerprint density at radius 2 is 2.21 bits per heavy atom. The van der Waals surface area contributed by atoms with Gasteiger partial charge in [-0.15, -0.1) is 0 Å². The topological polar surface area (TPSA) is 37.8 Å². The number of benzene rings is 1. The molecule has 0 saturated carbocycles. The van der Waals surface area contributed by atoms with Crippen molar-refractivity contribution in [1.82, 2.24) is 9.78 Å². The van der Waals surface area contributed by atoms with Crippen LogP contribution in [0.1, 0.15) is 5.56 Å². The van der Waals surface area contributed by atoms with Crippen molar-refractivity contribution in [2.24, 2.45) is 0 Å². The van der Waals surface area contributed by atoms with Gasteiger partial charge in [-0.1, -0.05) is 28.1 Å². The van der Waals surface area contributed by atoms with Crippen molar-refractivity contribution < 1.29 is 0 Å². The molecule has 0 amide bonds. The zero-order valence-corrected chi connectivity index (χ0v) is 8.99. The maximum atomic E-state index is 11.2. The molecule has 0 atom stereocenters. The lowest BCUT2D eigenvalue weighted by Gasteiger charge is -2.02. The highest BCUT2D eigenvalue weighted by atomic mass is 79.9. The maximum absolute atomic E-state index is 11.2. The molecule has 1 aromatic heterocycles. The summed E-state index contributed by atoms with van der Waals surface area (Å²) in [6.45, 7) is 0.575. The Bertz CT molecular complexity index is 487. The van der Waals surface area contributed by atoms with Crippen molar-refractivity contribution >= 4 is 15.9 Å². The van der Waals surface area contributed by atoms with Gasteiger partial charge in [-0.2, -0.15) is 0 Å². The molecule has 0 aliphatic carbocycles. The number of rotatable bonds is 2. The van der Waals surface area contributed by atoms with Crippen LogP contribution >= 0.6 is 15.9 Å². The van der Waals surface area contributed by atoms with Crippen molar-refractivity contribution in [3.63, 3.8) is 0 Å². The van der Waals surface area contributed by atoms with Crippen molar-refractivity contribution in [2.75, 3.05) is 0 Å². The number of nitrogens with one attached hydrogen (secondary N) is 1. The lowest BCUT2D eigenvalue weighted by molar-refractivity contribution is 0.663. The monoisotopic (exact) mass is 252 g/mol. The van der Waals surface area contributed by atoms with E-state index in [1.807, 2.05) is 24.3 Å². The van der Waals surface area contributed by atoms with Gasteiger partial charge in [-0.05, 0) is 17.7 Å². The van der Waals surface area contributed by atoms with Crippen LogP contribution < -0.4 is 5.56 Å². The second kappa shape index (κ2) is 3.84. The molecule has 3 nitrogen and oxygen atoms in total. The molecule has 1 N–H and O–H groups in total. The van der Waals surface area contributed by atoms with E-state index < -0.39 is 0 Å². The summed E-state index contributed by atoms with van der Waals surface area (Å²) in [6, 6.07) is 9.40. The Kier molecular flexibility index (Phi) is 2.54. The Morgan fingerprint density at radius 3 is 2.86 bits per heavy atom. The van der Waals surface area contributed by atoms with E-state index in [9.17, 15) is 4.79 Å². The number of nitrogens with zero attached hydrogens (tertiary/aromatic N) is 1. The van der Waals surface area contributed by atoms with Gasteiger partial charge in [0.05, 0.1) is 6.54 Å². The molecule has 72 valence electrons. The predicted octanol–water partition coefficient (Wildman–Crippen LogP) is 1.99. The number of aromatic nitrogens is 2. The standard InChI is InChI=1S/C10H9BrN2O/c11-9-3-1-2-8(6-9)7-13-10(14)4-5-12-13/h1-6,12H,7H2. The highest BCUT2D eigenvalue weighted by molar-refractivity contribution is 9.10. The van der Waals surface area contributed by atoms with Gasteiger partial charge < -0.3 is 5.10 Å². The molecule has 1 aromatic carbocycles. The normalized spacial score (nSPS) is 10.4. The molecule has 0 fully saturated rings. The quantitative estimate of drug-likeness (QED) is 0.873. The van der Waals surface area contributed by atoms with Crippen LogP contribution in [0.25, 0.3) is 0 Å². The summed E-state index contributed by atoms with van der Waals surface area (Å²) in [5.41, 5.74) is 1.08. The minimum Gasteiger partial charge on any atom is -0.303 e. The molecule has 0 spiro atoms. The fourth-order valence-electron chi connectivity index (χ4n) is 1.29. The Hall–Kier alpha value is -1.29. The van der Waals surface area contributed by atoms with Crippen LogP contribution in [-0.4, -0.2) is 9.78 Å². The molecule has 2 aromatic rings. The first-order valence-corrected chi connectivity index (χ1v) is 5.04. The minimum atomic E-state index is -0.00928. The number of H-pyrrole nitrogens is 1. The molecular formula is C10H9BrN2O. The van der Waals surface area contributed by atoms with Gasteiger partial charge in [0.15, 0.2) is 0 Å². The van der Waals surface area contributed by atoms with Crippen LogP contribution in [0.4, 0.5) is 0 Å². The van der Waals surface area contributed by atoms with Gasteiger partial charge in [0, 0.05) is 16.7 Å². The Morgan fingerprint density at radius 1 is 1.36 bits per heavy atom. The van der Waals surface area contributed by atoms with E-state index in [4.69, 9.17) is 0 Å². The molecular weight excluding hydrogens is 244 g/mol. The summed E-state index contributed by atoms with van der Waals surface area (Å²) in [5.74, 6) is 0. The van der Waals surface area contributed by atoms with Crippen LogP contribution in [-0.2, 0) is 6.54 Å². The fraction of sp³-hybridized carbons (Fsp3) is 0.100. The zero-order valence-electron chi connectivity index (χ0n) is 7.40. The van der Waals surface area contributed by atoms with Crippen LogP contribution in [0.3, 0.4) is 0 Å². The molecule has 0 aliphatic rings. The van der Waals surface area contributed by atoms with E-state index in [1.54, 1.807) is 10.9 Å². The molecule has 0 bridgehead atoms. The number of halogens is 1. The van der Waals surface area contributed by atoms with Crippen LogP contribution in [0, 0.1) is 0 Å². The average molecular weight is 253 g/mol. The van der Waals surface area contributed by atoms with E-state index in [2.05, 4.69) is 21.0 Å². The van der Waals surface area contributed by atoms with E-state index in [1.165, 1.54) is 6.07 Å². The first-order valence-electron chi connectivity index (χ1n) is 4.24. The van der Waals surface area contributed by atoms with Gasteiger partial charge in [0.1, 0.15) is 0 Å². The first kappa shape index (κ1) is 9.27. The van der Waals surface area contributed by atoms with Gasteiger partial charge in [0.2, 0.25) is 0 Å². The second-order valence-electron chi connectivity index (χ2n) is 3.02. The summed E-state index contributed by atoms with van der Waals surface area (Å²) < 4.78 is 2.58.